The Hall–Kier alpha value is -1.23. The number of rotatable bonds is 8. The number of hydrogen-bond acceptors (Lipinski definition) is 2. The largest absolute Gasteiger partial charge is 0.573 e. The van der Waals surface area contributed by atoms with Gasteiger partial charge in [-0.2, -0.15) is 0 Å². The molecule has 0 aromatic heterocycles. The molecule has 2 unspecified atom stereocenters. The summed E-state index contributed by atoms with van der Waals surface area (Å²) in [5.41, 5.74) is 0.465. The first kappa shape index (κ1) is 17.8. The van der Waals surface area contributed by atoms with E-state index in [1.807, 2.05) is 0 Å². The van der Waals surface area contributed by atoms with Crippen LogP contribution in [0.5, 0.6) is 5.75 Å². The second-order valence-corrected chi connectivity index (χ2v) is 5.29. The van der Waals surface area contributed by atoms with Crippen molar-refractivity contribution in [3.8, 4) is 5.75 Å². The van der Waals surface area contributed by atoms with Crippen molar-refractivity contribution in [3.63, 3.8) is 0 Å². The molecule has 5 heteroatoms. The van der Waals surface area contributed by atoms with Crippen molar-refractivity contribution in [2.75, 3.05) is 0 Å². The number of aliphatic hydroxyl groups is 1. The monoisotopic (exact) mass is 304 g/mol. The Balaban J connectivity index is 2.68. The normalized spacial score (nSPS) is 14.8. The summed E-state index contributed by atoms with van der Waals surface area (Å²) in [6, 6.07) is 5.58. The number of aliphatic hydroxyl groups excluding tert-OH is 1. The topological polar surface area (TPSA) is 29.5 Å². The number of unbranched alkanes of at least 4 members (excludes halogenated alkanes) is 1. The smallest absolute Gasteiger partial charge is 0.406 e. The fraction of sp³-hybridized carbons (Fsp3) is 0.625. The van der Waals surface area contributed by atoms with E-state index in [0.717, 1.165) is 25.7 Å². The lowest BCUT2D eigenvalue weighted by Gasteiger charge is -2.19. The molecule has 0 radical (unpaired) electrons. The van der Waals surface area contributed by atoms with Gasteiger partial charge in [-0.15, -0.1) is 13.2 Å². The average molecular weight is 304 g/mol. The maximum absolute atomic E-state index is 12.2. The molecule has 0 aliphatic rings. The van der Waals surface area contributed by atoms with Crippen molar-refractivity contribution in [1.29, 1.82) is 0 Å². The van der Waals surface area contributed by atoms with E-state index in [9.17, 15) is 18.3 Å². The van der Waals surface area contributed by atoms with Gasteiger partial charge in [-0.3, -0.25) is 0 Å². The van der Waals surface area contributed by atoms with Gasteiger partial charge in [0.1, 0.15) is 5.75 Å². The molecule has 0 aliphatic carbocycles. The second-order valence-electron chi connectivity index (χ2n) is 5.29. The quantitative estimate of drug-likeness (QED) is 0.713. The standard InChI is InChI=1S/C16H23F3O2/c1-3-5-7-12(4-2)10-15(20)13-8-6-9-14(11-13)21-16(17,18)19/h6,8-9,11-12,15,20H,3-5,7,10H2,1-2H3. The molecule has 2 atom stereocenters. The zero-order chi connectivity index (χ0) is 15.9. The highest BCUT2D eigenvalue weighted by Crippen LogP contribution is 2.30. The van der Waals surface area contributed by atoms with Gasteiger partial charge in [0.05, 0.1) is 6.10 Å². The van der Waals surface area contributed by atoms with E-state index in [4.69, 9.17) is 0 Å². The maximum Gasteiger partial charge on any atom is 0.573 e. The van der Waals surface area contributed by atoms with Crippen LogP contribution in [0.1, 0.15) is 57.6 Å². The van der Waals surface area contributed by atoms with Crippen LogP contribution in [0, 0.1) is 5.92 Å². The van der Waals surface area contributed by atoms with Gasteiger partial charge >= 0.3 is 6.36 Å². The molecule has 0 amide bonds. The van der Waals surface area contributed by atoms with Gasteiger partial charge in [-0.1, -0.05) is 51.7 Å². The van der Waals surface area contributed by atoms with Gasteiger partial charge in [-0.05, 0) is 30.0 Å². The van der Waals surface area contributed by atoms with Crippen LogP contribution >= 0.6 is 0 Å². The number of hydrogen-bond donors (Lipinski definition) is 1. The highest BCUT2D eigenvalue weighted by molar-refractivity contribution is 5.30. The summed E-state index contributed by atoms with van der Waals surface area (Å²) in [5.74, 6) is 0.0906. The van der Waals surface area contributed by atoms with Crippen molar-refractivity contribution >= 4 is 0 Å². The van der Waals surface area contributed by atoms with Gasteiger partial charge < -0.3 is 9.84 Å². The predicted molar refractivity (Wildman–Crippen MR) is 76.0 cm³/mol. The van der Waals surface area contributed by atoms with E-state index in [1.165, 1.54) is 18.2 Å². The SMILES string of the molecule is CCCCC(CC)CC(O)c1cccc(OC(F)(F)F)c1. The third-order valence-corrected chi connectivity index (χ3v) is 3.58. The van der Waals surface area contributed by atoms with E-state index in [2.05, 4.69) is 18.6 Å². The molecule has 0 saturated carbocycles. The minimum absolute atomic E-state index is 0.291. The van der Waals surface area contributed by atoms with Crippen molar-refractivity contribution in [2.45, 2.75) is 58.4 Å². The number of ether oxygens (including phenoxy) is 1. The molecule has 0 heterocycles. The molecule has 0 spiro atoms. The molecule has 0 fully saturated rings. The van der Waals surface area contributed by atoms with E-state index < -0.39 is 12.5 Å². The van der Waals surface area contributed by atoms with Crippen LogP contribution in [0.15, 0.2) is 24.3 Å². The Morgan fingerprint density at radius 2 is 1.95 bits per heavy atom. The predicted octanol–water partition coefficient (Wildman–Crippen LogP) is 5.23. The minimum atomic E-state index is -4.71. The maximum atomic E-state index is 12.2. The number of alkyl halides is 3. The van der Waals surface area contributed by atoms with Gasteiger partial charge in [0, 0.05) is 0 Å². The molecule has 0 aliphatic heterocycles. The molecule has 21 heavy (non-hydrogen) atoms. The molecule has 1 rings (SSSR count). The summed E-state index contributed by atoms with van der Waals surface area (Å²) in [4.78, 5) is 0. The van der Waals surface area contributed by atoms with Gasteiger partial charge in [-0.25, -0.2) is 0 Å². The van der Waals surface area contributed by atoms with Crippen LogP contribution in [0.4, 0.5) is 13.2 Å². The molecule has 0 bridgehead atoms. The Bertz CT molecular complexity index is 418. The first-order valence-corrected chi connectivity index (χ1v) is 7.39. The molecule has 1 aromatic carbocycles. The minimum Gasteiger partial charge on any atom is -0.406 e. The van der Waals surface area contributed by atoms with Crippen LogP contribution in [0.25, 0.3) is 0 Å². The third kappa shape index (κ3) is 6.85. The Morgan fingerprint density at radius 1 is 1.24 bits per heavy atom. The third-order valence-electron chi connectivity index (χ3n) is 3.58. The van der Waals surface area contributed by atoms with Crippen LogP contribution in [0.2, 0.25) is 0 Å². The lowest BCUT2D eigenvalue weighted by molar-refractivity contribution is -0.274. The fourth-order valence-corrected chi connectivity index (χ4v) is 2.35. The van der Waals surface area contributed by atoms with Crippen LogP contribution < -0.4 is 4.74 Å². The lowest BCUT2D eigenvalue weighted by atomic mass is 9.90. The van der Waals surface area contributed by atoms with Gasteiger partial charge in [0.2, 0.25) is 0 Å². The van der Waals surface area contributed by atoms with Crippen molar-refractivity contribution in [3.05, 3.63) is 29.8 Å². The first-order chi connectivity index (χ1) is 9.85. The molecular formula is C16H23F3O2. The van der Waals surface area contributed by atoms with Crippen LogP contribution in [0.3, 0.4) is 0 Å². The summed E-state index contributed by atoms with van der Waals surface area (Å²) in [6.45, 7) is 4.18. The van der Waals surface area contributed by atoms with E-state index >= 15 is 0 Å². The zero-order valence-corrected chi connectivity index (χ0v) is 12.5. The zero-order valence-electron chi connectivity index (χ0n) is 12.5. The second kappa shape index (κ2) is 8.27. The van der Waals surface area contributed by atoms with Crippen molar-refractivity contribution in [2.24, 2.45) is 5.92 Å². The van der Waals surface area contributed by atoms with E-state index in [-0.39, 0.29) is 5.75 Å². The van der Waals surface area contributed by atoms with E-state index in [1.54, 1.807) is 6.07 Å². The highest BCUT2D eigenvalue weighted by atomic mass is 19.4. The van der Waals surface area contributed by atoms with Crippen molar-refractivity contribution < 1.29 is 23.0 Å². The first-order valence-electron chi connectivity index (χ1n) is 7.39. The molecular weight excluding hydrogens is 281 g/mol. The van der Waals surface area contributed by atoms with E-state index in [0.29, 0.717) is 17.9 Å². The fourth-order valence-electron chi connectivity index (χ4n) is 2.35. The summed E-state index contributed by atoms with van der Waals surface area (Å²) in [5, 5.41) is 10.2. The number of benzene rings is 1. The summed E-state index contributed by atoms with van der Waals surface area (Å²) >= 11 is 0. The Kier molecular flexibility index (Phi) is 7.02. The van der Waals surface area contributed by atoms with Gasteiger partial charge in [0.15, 0.2) is 0 Å². The van der Waals surface area contributed by atoms with Gasteiger partial charge in [0.25, 0.3) is 0 Å². The molecule has 0 saturated heterocycles. The average Bonchev–Trinajstić information content (AvgIpc) is 2.41. The molecule has 1 aromatic rings. The molecule has 2 nitrogen and oxygen atoms in total. The number of halogens is 3. The molecule has 120 valence electrons. The Labute approximate surface area is 123 Å². The highest BCUT2D eigenvalue weighted by Gasteiger charge is 2.31. The molecule has 1 N–H and O–H groups in total. The lowest BCUT2D eigenvalue weighted by Crippen LogP contribution is -2.17. The van der Waals surface area contributed by atoms with Crippen molar-refractivity contribution in [1.82, 2.24) is 0 Å². The van der Waals surface area contributed by atoms with Crippen LogP contribution in [-0.2, 0) is 0 Å². The van der Waals surface area contributed by atoms with Crippen LogP contribution in [-0.4, -0.2) is 11.5 Å². The summed E-state index contributed by atoms with van der Waals surface area (Å²) in [6.07, 6.45) is -0.728. The Morgan fingerprint density at radius 3 is 2.52 bits per heavy atom. The summed E-state index contributed by atoms with van der Waals surface area (Å²) < 4.78 is 40.5. The summed E-state index contributed by atoms with van der Waals surface area (Å²) in [7, 11) is 0.